The molecule has 16 heteroatoms. The van der Waals surface area contributed by atoms with Gasteiger partial charge in [-0.3, -0.25) is 14.5 Å². The van der Waals surface area contributed by atoms with Crippen molar-refractivity contribution < 1.29 is 43.8 Å². The minimum absolute atomic E-state index is 0.0112. The van der Waals surface area contributed by atoms with E-state index in [0.717, 1.165) is 16.2 Å². The van der Waals surface area contributed by atoms with Crippen LogP contribution in [0.3, 0.4) is 0 Å². The summed E-state index contributed by atoms with van der Waals surface area (Å²) in [5.74, 6) is -5.00. The second kappa shape index (κ2) is 10.3. The number of hydrogen-bond donors (Lipinski definition) is 4. The summed E-state index contributed by atoms with van der Waals surface area (Å²) in [7, 11) is 0. The molecule has 0 radical (unpaired) electrons. The predicted molar refractivity (Wildman–Crippen MR) is 117 cm³/mol. The second-order valence-corrected chi connectivity index (χ2v) is 8.58. The number of fused-ring (bicyclic) bond motifs is 1. The van der Waals surface area contributed by atoms with Gasteiger partial charge in [0.2, 0.25) is 6.61 Å². The first kappa shape index (κ1) is 24.7. The van der Waals surface area contributed by atoms with Crippen molar-refractivity contribution in [3.05, 3.63) is 35.0 Å². The number of nitrogen functional groups attached to an aromatic ring is 1. The molecule has 1 fully saturated rings. The van der Waals surface area contributed by atoms with Crippen LogP contribution in [-0.2, 0) is 33.5 Å². The lowest BCUT2D eigenvalue weighted by molar-refractivity contribution is -0.157. The molecule has 0 bridgehead atoms. The maximum atomic E-state index is 12.9. The molecule has 0 spiro atoms. The molecule has 1 aromatic heterocycles. The number of carbonyl (C=O) groups is 5. The van der Waals surface area contributed by atoms with E-state index < -0.39 is 60.1 Å². The summed E-state index contributed by atoms with van der Waals surface area (Å²) in [5.41, 5.74) is 5.42. The van der Waals surface area contributed by atoms with Crippen molar-refractivity contribution in [1.82, 2.24) is 15.2 Å². The molecule has 2 atom stereocenters. The number of carboxylic acids is 2. The fourth-order valence-corrected chi connectivity index (χ4v) is 4.83. The van der Waals surface area contributed by atoms with Crippen LogP contribution in [0.5, 0.6) is 0 Å². The first-order valence-corrected chi connectivity index (χ1v) is 11.2. The van der Waals surface area contributed by atoms with Crippen molar-refractivity contribution in [2.45, 2.75) is 11.4 Å². The Kier molecular flexibility index (Phi) is 7.52. The number of amides is 2. The number of nitrogens with zero attached hydrogens (tertiary/aromatic N) is 3. The highest BCUT2D eigenvalue weighted by molar-refractivity contribution is 8.00. The third kappa shape index (κ3) is 5.18. The van der Waals surface area contributed by atoms with Crippen molar-refractivity contribution in [2.75, 3.05) is 24.7 Å². The average molecular weight is 511 g/mol. The summed E-state index contributed by atoms with van der Waals surface area (Å²) in [6, 6.07) is -1.08. The summed E-state index contributed by atoms with van der Waals surface area (Å²) < 4.78 is 4.72. The van der Waals surface area contributed by atoms with E-state index in [1.807, 2.05) is 0 Å². The van der Waals surface area contributed by atoms with Crippen molar-refractivity contribution in [2.24, 2.45) is 5.16 Å². The van der Waals surface area contributed by atoms with Crippen LogP contribution in [0.15, 0.2) is 34.5 Å². The van der Waals surface area contributed by atoms with Crippen LogP contribution in [0.2, 0.25) is 0 Å². The fraction of sp³-hybridized carbons (Fsp3) is 0.278. The lowest BCUT2D eigenvalue weighted by Crippen LogP contribution is -2.71. The molecule has 5 N–H and O–H groups in total. The van der Waals surface area contributed by atoms with Gasteiger partial charge in [-0.25, -0.2) is 19.4 Å². The number of oxime groups is 1. The Balaban J connectivity index is 1.78. The number of hydrogen-bond acceptors (Lipinski definition) is 12. The van der Waals surface area contributed by atoms with Crippen LogP contribution >= 0.6 is 23.1 Å². The number of allylic oxidation sites excluding steroid dienone is 1. The minimum Gasteiger partial charge on any atom is -0.479 e. The van der Waals surface area contributed by atoms with Gasteiger partial charge in [0, 0.05) is 11.1 Å². The van der Waals surface area contributed by atoms with Crippen molar-refractivity contribution >= 4 is 63.7 Å². The van der Waals surface area contributed by atoms with E-state index in [4.69, 9.17) is 20.7 Å². The van der Waals surface area contributed by atoms with Gasteiger partial charge >= 0.3 is 17.9 Å². The lowest BCUT2D eigenvalue weighted by Gasteiger charge is -2.49. The number of thiazole rings is 1. The molecule has 1 saturated heterocycles. The second-order valence-electron chi connectivity index (χ2n) is 6.59. The summed E-state index contributed by atoms with van der Waals surface area (Å²) in [4.78, 5) is 69.2. The molecule has 0 aliphatic carbocycles. The van der Waals surface area contributed by atoms with Crippen LogP contribution in [-0.4, -0.2) is 85.9 Å². The van der Waals surface area contributed by atoms with Gasteiger partial charge < -0.3 is 30.8 Å². The minimum atomic E-state index is -1.37. The monoisotopic (exact) mass is 511 g/mol. The number of nitrogens with two attached hydrogens (primary N) is 1. The van der Waals surface area contributed by atoms with Gasteiger partial charge in [-0.15, -0.1) is 23.1 Å². The van der Waals surface area contributed by atoms with Gasteiger partial charge in [-0.2, -0.15) is 0 Å². The van der Waals surface area contributed by atoms with Crippen LogP contribution in [0.1, 0.15) is 5.69 Å². The highest BCUT2D eigenvalue weighted by atomic mass is 32.2. The molecule has 14 nitrogen and oxygen atoms in total. The van der Waals surface area contributed by atoms with Crippen LogP contribution in [0, 0.1) is 0 Å². The molecule has 34 heavy (non-hydrogen) atoms. The van der Waals surface area contributed by atoms with Crippen molar-refractivity contribution in [1.29, 1.82) is 0 Å². The van der Waals surface area contributed by atoms with Gasteiger partial charge in [0.1, 0.15) is 22.8 Å². The number of aromatic nitrogens is 1. The Hall–Kier alpha value is -3.92. The SMILES string of the molecule is C=CC1=C(C(=O)OCC(=O)O)N2C(=O)C(NC(=O)C(=NOCC(=O)O)c3csc(N)n3)[C@@H]2SC1. The quantitative estimate of drug-likeness (QED) is 0.129. The number of thioether (sulfide) groups is 1. The number of rotatable bonds is 10. The Morgan fingerprint density at radius 3 is 2.62 bits per heavy atom. The summed E-state index contributed by atoms with van der Waals surface area (Å²) in [6.45, 7) is 1.89. The van der Waals surface area contributed by atoms with Gasteiger partial charge in [0.25, 0.3) is 11.8 Å². The highest BCUT2D eigenvalue weighted by Crippen LogP contribution is 2.40. The zero-order valence-electron chi connectivity index (χ0n) is 17.1. The number of carbonyl (C=O) groups excluding carboxylic acids is 3. The molecule has 0 saturated carbocycles. The van der Waals surface area contributed by atoms with E-state index in [1.165, 1.54) is 23.2 Å². The van der Waals surface area contributed by atoms with E-state index in [1.54, 1.807) is 0 Å². The first-order valence-electron chi connectivity index (χ1n) is 9.27. The van der Waals surface area contributed by atoms with Crippen LogP contribution < -0.4 is 11.1 Å². The third-order valence-electron chi connectivity index (χ3n) is 4.37. The lowest BCUT2D eigenvalue weighted by atomic mass is 10.0. The van der Waals surface area contributed by atoms with E-state index in [2.05, 4.69) is 26.9 Å². The van der Waals surface area contributed by atoms with Crippen LogP contribution in [0.25, 0.3) is 0 Å². The molecule has 1 unspecified atom stereocenters. The Labute approximate surface area is 199 Å². The summed E-state index contributed by atoms with van der Waals surface area (Å²) >= 11 is 2.24. The normalized spacial score (nSPS) is 19.6. The van der Waals surface area contributed by atoms with E-state index in [9.17, 15) is 24.0 Å². The molecule has 0 aromatic carbocycles. The molecule has 3 rings (SSSR count). The molecule has 3 heterocycles. The number of carboxylic acid groups (broad SMARTS) is 2. The molecule has 2 aliphatic rings. The fourth-order valence-electron chi connectivity index (χ4n) is 2.95. The van der Waals surface area contributed by atoms with Gasteiger partial charge in [0.15, 0.2) is 17.5 Å². The van der Waals surface area contributed by atoms with Crippen molar-refractivity contribution in [3.8, 4) is 0 Å². The smallest absolute Gasteiger partial charge is 0.355 e. The molecule has 1 aromatic rings. The molecular weight excluding hydrogens is 494 g/mol. The van der Waals surface area contributed by atoms with Gasteiger partial charge in [0.05, 0.1) is 0 Å². The summed E-state index contributed by atoms with van der Waals surface area (Å²) in [6.07, 6.45) is 1.36. The number of β-lactam (4-membered cyclic amide) rings is 1. The Bertz CT molecular complexity index is 1130. The van der Waals surface area contributed by atoms with E-state index >= 15 is 0 Å². The van der Waals surface area contributed by atoms with E-state index in [-0.39, 0.29) is 22.3 Å². The highest BCUT2D eigenvalue weighted by Gasteiger charge is 2.54. The Morgan fingerprint density at radius 2 is 2.03 bits per heavy atom. The summed E-state index contributed by atoms with van der Waals surface area (Å²) in [5, 5.41) is 24.3. The number of esters is 1. The standard InChI is InChI=1S/C18H17N5O9S2/c1-2-7-5-33-16-12(15(29)23(16)13(7)17(30)31-3-9(24)25)21-14(28)11(22-32-4-10(26)27)8-6-34-18(19)20-8/h2,6,12,16H,1,3-5H2,(H2,19,20)(H,21,28)(H,24,25)(H,26,27)/t12?,16-/m0/s1. The van der Waals surface area contributed by atoms with E-state index in [0.29, 0.717) is 5.57 Å². The van der Waals surface area contributed by atoms with Crippen LogP contribution in [0.4, 0.5) is 5.13 Å². The number of anilines is 1. The third-order valence-corrected chi connectivity index (χ3v) is 6.35. The zero-order valence-corrected chi connectivity index (χ0v) is 18.8. The Morgan fingerprint density at radius 1 is 1.32 bits per heavy atom. The molecular formula is C18H17N5O9S2. The van der Waals surface area contributed by atoms with Gasteiger partial charge in [-0.05, 0) is 5.57 Å². The zero-order chi connectivity index (χ0) is 25.0. The molecule has 180 valence electrons. The largest absolute Gasteiger partial charge is 0.479 e. The van der Waals surface area contributed by atoms with Gasteiger partial charge in [-0.1, -0.05) is 17.8 Å². The maximum absolute atomic E-state index is 12.9. The average Bonchev–Trinajstić information content (AvgIpc) is 3.22. The molecule has 2 aliphatic heterocycles. The number of ether oxygens (including phenoxy) is 1. The number of aliphatic carboxylic acids is 2. The maximum Gasteiger partial charge on any atom is 0.355 e. The van der Waals surface area contributed by atoms with Crippen molar-refractivity contribution in [3.63, 3.8) is 0 Å². The number of nitrogens with one attached hydrogen (secondary N) is 1. The topological polar surface area (TPSA) is 211 Å². The molecule has 2 amide bonds. The first-order chi connectivity index (χ1) is 16.1. The predicted octanol–water partition coefficient (Wildman–Crippen LogP) is -1.00.